The van der Waals surface area contributed by atoms with Crippen molar-refractivity contribution in [2.45, 2.75) is 25.7 Å². The first-order valence-electron chi connectivity index (χ1n) is 5.88. The Morgan fingerprint density at radius 1 is 1.33 bits per heavy atom. The van der Waals surface area contributed by atoms with Crippen LogP contribution < -0.4 is 5.32 Å². The number of ether oxygens (including phenoxy) is 2. The van der Waals surface area contributed by atoms with Gasteiger partial charge in [0.2, 0.25) is 0 Å². The summed E-state index contributed by atoms with van der Waals surface area (Å²) in [5, 5.41) is 3.24. The third kappa shape index (κ3) is 4.02. The van der Waals surface area contributed by atoms with E-state index >= 15 is 0 Å². The van der Waals surface area contributed by atoms with Gasteiger partial charge in [0.15, 0.2) is 6.29 Å². The van der Waals surface area contributed by atoms with Gasteiger partial charge in [-0.3, -0.25) is 0 Å². The lowest BCUT2D eigenvalue weighted by atomic mass is 10.1. The van der Waals surface area contributed by atoms with Gasteiger partial charge in [-0.05, 0) is 31.2 Å². The number of hydrogen-bond donors (Lipinski definition) is 1. The van der Waals surface area contributed by atoms with Gasteiger partial charge in [0.25, 0.3) is 0 Å². The Hall–Kier alpha value is -0.490. The average molecular weight is 320 g/mol. The molecule has 1 rings (SSSR count). The Bertz CT molecular complexity index is 372. The molecule has 18 heavy (non-hydrogen) atoms. The van der Waals surface area contributed by atoms with Crippen molar-refractivity contribution in [2.75, 3.05) is 20.8 Å². The number of nitrogens with one attached hydrogen (secondary N) is 1. The molecule has 1 unspecified atom stereocenters. The van der Waals surface area contributed by atoms with Crippen molar-refractivity contribution in [1.29, 1.82) is 0 Å². The summed E-state index contributed by atoms with van der Waals surface area (Å²) in [5.41, 5.74) is 0.534. The predicted octanol–water partition coefficient (Wildman–Crippen LogP) is 3.25. The zero-order valence-corrected chi connectivity index (χ0v) is 12.5. The van der Waals surface area contributed by atoms with Crippen molar-refractivity contribution in [1.82, 2.24) is 5.32 Å². The van der Waals surface area contributed by atoms with E-state index in [9.17, 15) is 4.39 Å². The Morgan fingerprint density at radius 2 is 2.00 bits per heavy atom. The molecular weight excluding hydrogens is 301 g/mol. The van der Waals surface area contributed by atoms with Crippen LogP contribution in [0.15, 0.2) is 22.7 Å². The van der Waals surface area contributed by atoms with Crippen LogP contribution >= 0.6 is 15.9 Å². The molecule has 0 spiro atoms. The van der Waals surface area contributed by atoms with Gasteiger partial charge in [-0.2, -0.15) is 0 Å². The summed E-state index contributed by atoms with van der Waals surface area (Å²) >= 11 is 3.35. The third-order valence-electron chi connectivity index (χ3n) is 2.64. The van der Waals surface area contributed by atoms with Gasteiger partial charge in [0.05, 0.1) is 6.04 Å². The standard InChI is InChI=1S/C13H19BrFNO2/c1-4-7-16-12(13(17-2)18-3)10-8-9(14)5-6-11(10)15/h5-6,8,12-13,16H,4,7H2,1-3H3. The molecule has 3 nitrogen and oxygen atoms in total. The van der Waals surface area contributed by atoms with Crippen LogP contribution in [-0.2, 0) is 9.47 Å². The molecule has 0 bridgehead atoms. The number of hydrogen-bond acceptors (Lipinski definition) is 3. The Morgan fingerprint density at radius 3 is 2.56 bits per heavy atom. The fraction of sp³-hybridized carbons (Fsp3) is 0.538. The second-order valence-corrected chi connectivity index (χ2v) is 4.85. The van der Waals surface area contributed by atoms with E-state index in [1.807, 2.05) is 0 Å². The fourth-order valence-electron chi connectivity index (χ4n) is 1.77. The summed E-state index contributed by atoms with van der Waals surface area (Å²) in [5.74, 6) is -0.272. The van der Waals surface area contributed by atoms with Crippen LogP contribution in [0.2, 0.25) is 0 Å². The van der Waals surface area contributed by atoms with E-state index in [4.69, 9.17) is 9.47 Å². The number of benzene rings is 1. The normalized spacial score (nSPS) is 13.0. The maximum atomic E-state index is 13.9. The van der Waals surface area contributed by atoms with Crippen molar-refractivity contribution in [3.8, 4) is 0 Å². The smallest absolute Gasteiger partial charge is 0.176 e. The fourth-order valence-corrected chi connectivity index (χ4v) is 2.15. The van der Waals surface area contributed by atoms with Crippen LogP contribution in [0.5, 0.6) is 0 Å². The topological polar surface area (TPSA) is 30.5 Å². The van der Waals surface area contributed by atoms with Gasteiger partial charge >= 0.3 is 0 Å². The van der Waals surface area contributed by atoms with Crippen molar-refractivity contribution in [3.05, 3.63) is 34.1 Å². The first-order chi connectivity index (χ1) is 8.63. The third-order valence-corrected chi connectivity index (χ3v) is 3.14. The lowest BCUT2D eigenvalue weighted by Gasteiger charge is -2.26. The van der Waals surface area contributed by atoms with Crippen LogP contribution in [0.4, 0.5) is 4.39 Å². The monoisotopic (exact) mass is 319 g/mol. The highest BCUT2D eigenvalue weighted by molar-refractivity contribution is 9.10. The molecule has 0 aliphatic heterocycles. The summed E-state index contributed by atoms with van der Waals surface area (Å²) in [4.78, 5) is 0. The molecule has 102 valence electrons. The molecule has 0 saturated heterocycles. The summed E-state index contributed by atoms with van der Waals surface area (Å²) in [6, 6.07) is 4.51. The van der Waals surface area contributed by atoms with E-state index in [0.717, 1.165) is 17.4 Å². The summed E-state index contributed by atoms with van der Waals surface area (Å²) in [6.45, 7) is 2.82. The highest BCUT2D eigenvalue weighted by Crippen LogP contribution is 2.25. The largest absolute Gasteiger partial charge is 0.354 e. The number of rotatable bonds is 7. The first-order valence-corrected chi connectivity index (χ1v) is 6.67. The van der Waals surface area contributed by atoms with Crippen LogP contribution in [0.25, 0.3) is 0 Å². The predicted molar refractivity (Wildman–Crippen MR) is 72.9 cm³/mol. The minimum atomic E-state index is -0.527. The quantitative estimate of drug-likeness (QED) is 0.783. The number of halogens is 2. The lowest BCUT2D eigenvalue weighted by molar-refractivity contribution is -0.124. The SMILES string of the molecule is CCCNC(c1cc(Br)ccc1F)C(OC)OC. The maximum Gasteiger partial charge on any atom is 0.176 e. The van der Waals surface area contributed by atoms with Crippen LogP contribution in [0.1, 0.15) is 24.9 Å². The Labute approximate surface area is 116 Å². The van der Waals surface area contributed by atoms with E-state index in [1.165, 1.54) is 6.07 Å². The van der Waals surface area contributed by atoms with Crippen LogP contribution in [0.3, 0.4) is 0 Å². The Balaban J connectivity index is 3.03. The van der Waals surface area contributed by atoms with Crippen molar-refractivity contribution in [2.24, 2.45) is 0 Å². The van der Waals surface area contributed by atoms with Gasteiger partial charge in [0.1, 0.15) is 5.82 Å². The van der Waals surface area contributed by atoms with E-state index < -0.39 is 6.29 Å². The first kappa shape index (κ1) is 15.6. The summed E-state index contributed by atoms with van der Waals surface area (Å²) in [7, 11) is 3.09. The Kier molecular flexibility index (Phi) is 6.78. The van der Waals surface area contributed by atoms with E-state index in [-0.39, 0.29) is 11.9 Å². The molecule has 5 heteroatoms. The number of methoxy groups -OCH3 is 2. The summed E-state index contributed by atoms with van der Waals surface area (Å²) in [6.07, 6.45) is 0.423. The zero-order chi connectivity index (χ0) is 13.5. The van der Waals surface area contributed by atoms with E-state index in [0.29, 0.717) is 5.56 Å². The second kappa shape index (κ2) is 7.84. The molecule has 0 saturated carbocycles. The molecule has 0 aliphatic rings. The van der Waals surface area contributed by atoms with Crippen LogP contribution in [0, 0.1) is 5.82 Å². The molecule has 1 aromatic carbocycles. The van der Waals surface area contributed by atoms with Gasteiger partial charge in [0, 0.05) is 24.3 Å². The zero-order valence-electron chi connectivity index (χ0n) is 10.9. The molecule has 0 aromatic heterocycles. The molecule has 1 N–H and O–H groups in total. The lowest BCUT2D eigenvalue weighted by Crippen LogP contribution is -2.35. The van der Waals surface area contributed by atoms with Gasteiger partial charge < -0.3 is 14.8 Å². The molecule has 1 atom stereocenters. The minimum absolute atomic E-state index is 0.272. The minimum Gasteiger partial charge on any atom is -0.354 e. The molecule has 0 amide bonds. The summed E-state index contributed by atoms with van der Waals surface area (Å²) < 4.78 is 25.2. The molecule has 1 aromatic rings. The van der Waals surface area contributed by atoms with Crippen molar-refractivity contribution in [3.63, 3.8) is 0 Å². The van der Waals surface area contributed by atoms with E-state index in [1.54, 1.807) is 26.4 Å². The van der Waals surface area contributed by atoms with Gasteiger partial charge in [-0.25, -0.2) is 4.39 Å². The molecule has 0 aliphatic carbocycles. The second-order valence-electron chi connectivity index (χ2n) is 3.94. The molecule has 0 radical (unpaired) electrons. The molecule has 0 heterocycles. The highest BCUT2D eigenvalue weighted by atomic mass is 79.9. The van der Waals surface area contributed by atoms with Crippen molar-refractivity contribution < 1.29 is 13.9 Å². The average Bonchev–Trinajstić information content (AvgIpc) is 2.38. The highest BCUT2D eigenvalue weighted by Gasteiger charge is 2.25. The maximum absolute atomic E-state index is 13.9. The van der Waals surface area contributed by atoms with Crippen LogP contribution in [-0.4, -0.2) is 27.1 Å². The molecule has 0 fully saturated rings. The van der Waals surface area contributed by atoms with Gasteiger partial charge in [-0.15, -0.1) is 0 Å². The molecular formula is C13H19BrFNO2. The van der Waals surface area contributed by atoms with Gasteiger partial charge in [-0.1, -0.05) is 22.9 Å². The van der Waals surface area contributed by atoms with Crippen molar-refractivity contribution >= 4 is 15.9 Å². The van der Waals surface area contributed by atoms with E-state index in [2.05, 4.69) is 28.2 Å².